The molecule has 1 saturated heterocycles. The minimum Gasteiger partial charge on any atom is -0.361 e. The minimum atomic E-state index is -0.557. The Bertz CT molecular complexity index is 740. The van der Waals surface area contributed by atoms with E-state index in [1.807, 2.05) is 30.5 Å². The largest absolute Gasteiger partial charge is 0.361 e. The number of carbonyl (C=O) groups excluding carboxylic acids is 2. The van der Waals surface area contributed by atoms with Crippen LogP contribution in [0.3, 0.4) is 0 Å². The molecule has 0 bridgehead atoms. The molecule has 0 radical (unpaired) electrons. The van der Waals surface area contributed by atoms with E-state index in [0.717, 1.165) is 42.4 Å². The molecule has 0 spiro atoms. The normalized spacial score (nSPS) is 17.5. The number of nitrogens with one attached hydrogen (secondary N) is 4. The monoisotopic (exact) mass is 378 g/mol. The molecule has 1 fully saturated rings. The Hall–Kier alpha value is -2.05. The molecular weight excluding hydrogens is 352 g/mol. The van der Waals surface area contributed by atoms with E-state index in [-0.39, 0.29) is 24.2 Å². The number of aromatic amines is 1. The average molecular weight is 379 g/mol. The number of hydrogen-bond donors (Lipinski definition) is 4. The molecule has 1 unspecified atom stereocenters. The van der Waals surface area contributed by atoms with Crippen LogP contribution in [-0.2, 0) is 16.0 Å². The first-order valence-electron chi connectivity index (χ1n) is 8.94. The number of carbonyl (C=O) groups is 2. The molecular formula is C19H27ClN4O2. The molecule has 1 aromatic carbocycles. The zero-order valence-electron chi connectivity index (χ0n) is 15.0. The van der Waals surface area contributed by atoms with Gasteiger partial charge >= 0.3 is 0 Å². The van der Waals surface area contributed by atoms with Gasteiger partial charge in [-0.3, -0.25) is 9.59 Å². The van der Waals surface area contributed by atoms with Crippen LogP contribution in [0.5, 0.6) is 0 Å². The van der Waals surface area contributed by atoms with Crippen molar-refractivity contribution in [1.29, 1.82) is 0 Å². The number of rotatable bonds is 7. The number of aromatic nitrogens is 1. The van der Waals surface area contributed by atoms with E-state index in [1.165, 1.54) is 0 Å². The molecule has 2 amide bonds. The first kappa shape index (κ1) is 20.3. The summed E-state index contributed by atoms with van der Waals surface area (Å²) in [6.07, 6.45) is 4.85. The van der Waals surface area contributed by atoms with E-state index >= 15 is 0 Å². The molecule has 26 heavy (non-hydrogen) atoms. The van der Waals surface area contributed by atoms with Crippen molar-refractivity contribution in [2.24, 2.45) is 5.92 Å². The summed E-state index contributed by atoms with van der Waals surface area (Å²) < 4.78 is 0. The van der Waals surface area contributed by atoms with Gasteiger partial charge in [0.2, 0.25) is 11.8 Å². The van der Waals surface area contributed by atoms with Gasteiger partial charge in [0.05, 0.1) is 0 Å². The van der Waals surface area contributed by atoms with Gasteiger partial charge in [0, 0.05) is 37.0 Å². The van der Waals surface area contributed by atoms with E-state index in [0.29, 0.717) is 18.8 Å². The van der Waals surface area contributed by atoms with Crippen molar-refractivity contribution in [3.8, 4) is 0 Å². The van der Waals surface area contributed by atoms with E-state index in [2.05, 4.69) is 20.9 Å². The van der Waals surface area contributed by atoms with Crippen molar-refractivity contribution in [3.05, 3.63) is 36.0 Å². The van der Waals surface area contributed by atoms with Crippen molar-refractivity contribution >= 4 is 35.1 Å². The van der Waals surface area contributed by atoms with Gasteiger partial charge in [-0.1, -0.05) is 18.2 Å². The third-order valence-corrected chi connectivity index (χ3v) is 4.94. The predicted octanol–water partition coefficient (Wildman–Crippen LogP) is 1.75. The van der Waals surface area contributed by atoms with E-state index in [1.54, 1.807) is 7.05 Å². The lowest BCUT2D eigenvalue weighted by molar-refractivity contribution is -0.128. The summed E-state index contributed by atoms with van der Waals surface area (Å²) in [5.74, 6) is 0.347. The van der Waals surface area contributed by atoms with Gasteiger partial charge in [0.25, 0.3) is 0 Å². The lowest BCUT2D eigenvalue weighted by Crippen LogP contribution is -2.47. The Morgan fingerprint density at radius 1 is 1.31 bits per heavy atom. The van der Waals surface area contributed by atoms with Gasteiger partial charge in [-0.05, 0) is 43.5 Å². The van der Waals surface area contributed by atoms with Gasteiger partial charge in [-0.15, -0.1) is 12.4 Å². The molecule has 7 heteroatoms. The van der Waals surface area contributed by atoms with Crippen molar-refractivity contribution in [2.45, 2.75) is 31.7 Å². The number of amides is 2. The quantitative estimate of drug-likeness (QED) is 0.592. The highest BCUT2D eigenvalue weighted by Gasteiger charge is 2.22. The Labute approximate surface area is 159 Å². The average Bonchev–Trinajstić information content (AvgIpc) is 3.29. The number of likely N-dealkylation sites (N-methyl/N-ethyl adjacent to an activating group) is 1. The van der Waals surface area contributed by atoms with E-state index in [9.17, 15) is 9.59 Å². The molecule has 6 nitrogen and oxygen atoms in total. The zero-order chi connectivity index (χ0) is 17.6. The summed E-state index contributed by atoms with van der Waals surface area (Å²) in [6.45, 7) is 2.02. The van der Waals surface area contributed by atoms with Crippen LogP contribution in [0.25, 0.3) is 10.9 Å². The second-order valence-corrected chi connectivity index (χ2v) is 6.70. The fourth-order valence-electron chi connectivity index (χ4n) is 3.47. The first-order chi connectivity index (χ1) is 12.2. The summed E-state index contributed by atoms with van der Waals surface area (Å²) in [4.78, 5) is 27.7. The topological polar surface area (TPSA) is 86.0 Å². The molecule has 2 aromatic rings. The number of fused-ring (bicyclic) bond motifs is 1. The van der Waals surface area contributed by atoms with Gasteiger partial charge in [0.1, 0.15) is 6.04 Å². The molecule has 1 aromatic heterocycles. The maximum Gasteiger partial charge on any atom is 0.242 e. The Morgan fingerprint density at radius 2 is 2.12 bits per heavy atom. The molecule has 2 heterocycles. The van der Waals surface area contributed by atoms with Gasteiger partial charge in [-0.25, -0.2) is 0 Å². The predicted molar refractivity (Wildman–Crippen MR) is 105 cm³/mol. The number of benzene rings is 1. The number of para-hydroxylation sites is 1. The van der Waals surface area contributed by atoms with Crippen molar-refractivity contribution in [2.75, 3.05) is 20.1 Å². The van der Waals surface area contributed by atoms with Gasteiger partial charge < -0.3 is 20.9 Å². The Morgan fingerprint density at radius 3 is 2.85 bits per heavy atom. The molecule has 1 aliphatic heterocycles. The lowest BCUT2D eigenvalue weighted by Gasteiger charge is -2.18. The second-order valence-electron chi connectivity index (χ2n) is 6.70. The van der Waals surface area contributed by atoms with Crippen LogP contribution >= 0.6 is 12.4 Å². The van der Waals surface area contributed by atoms with E-state index < -0.39 is 6.04 Å². The molecule has 0 saturated carbocycles. The van der Waals surface area contributed by atoms with Crippen LogP contribution < -0.4 is 16.0 Å². The highest BCUT2D eigenvalue weighted by atomic mass is 35.5. The molecule has 2 atom stereocenters. The SMILES string of the molecule is CNC(=O)[C@H](Cc1c[nH]c2ccccc12)NC(=O)CCC1CCNC1.Cl. The molecule has 1 aliphatic rings. The summed E-state index contributed by atoms with van der Waals surface area (Å²) in [7, 11) is 1.60. The second kappa shape index (κ2) is 9.59. The Balaban J connectivity index is 0.00000243. The van der Waals surface area contributed by atoms with Crippen LogP contribution in [0.15, 0.2) is 30.5 Å². The summed E-state index contributed by atoms with van der Waals surface area (Å²) >= 11 is 0. The van der Waals surface area contributed by atoms with E-state index in [4.69, 9.17) is 0 Å². The third kappa shape index (κ3) is 4.99. The molecule has 4 N–H and O–H groups in total. The van der Waals surface area contributed by atoms with Crippen LogP contribution in [0, 0.1) is 5.92 Å². The van der Waals surface area contributed by atoms with Crippen LogP contribution in [0.2, 0.25) is 0 Å². The third-order valence-electron chi connectivity index (χ3n) is 4.94. The highest BCUT2D eigenvalue weighted by Crippen LogP contribution is 2.19. The Kier molecular flexibility index (Phi) is 7.48. The lowest BCUT2D eigenvalue weighted by atomic mass is 10.0. The summed E-state index contributed by atoms with van der Waals surface area (Å²) in [5.41, 5.74) is 2.07. The van der Waals surface area contributed by atoms with Crippen LogP contribution in [0.1, 0.15) is 24.8 Å². The fraction of sp³-hybridized carbons (Fsp3) is 0.474. The minimum absolute atomic E-state index is 0. The number of hydrogen-bond acceptors (Lipinski definition) is 3. The molecule has 3 rings (SSSR count). The fourth-order valence-corrected chi connectivity index (χ4v) is 3.47. The van der Waals surface area contributed by atoms with Crippen LogP contribution in [0.4, 0.5) is 0 Å². The molecule has 142 valence electrons. The van der Waals surface area contributed by atoms with Crippen molar-refractivity contribution in [1.82, 2.24) is 20.9 Å². The van der Waals surface area contributed by atoms with Crippen molar-refractivity contribution in [3.63, 3.8) is 0 Å². The zero-order valence-corrected chi connectivity index (χ0v) is 15.8. The maximum absolute atomic E-state index is 12.3. The van der Waals surface area contributed by atoms with Gasteiger partial charge in [0.15, 0.2) is 0 Å². The number of H-pyrrole nitrogens is 1. The smallest absolute Gasteiger partial charge is 0.242 e. The summed E-state index contributed by atoms with van der Waals surface area (Å²) in [6, 6.07) is 7.42. The van der Waals surface area contributed by atoms with Crippen LogP contribution in [-0.4, -0.2) is 43.0 Å². The van der Waals surface area contributed by atoms with Crippen molar-refractivity contribution < 1.29 is 9.59 Å². The first-order valence-corrected chi connectivity index (χ1v) is 8.94. The number of halogens is 1. The highest BCUT2D eigenvalue weighted by molar-refractivity contribution is 5.89. The maximum atomic E-state index is 12.3. The molecule has 0 aliphatic carbocycles. The standard InChI is InChI=1S/C19H26N4O2.ClH/c1-20-19(25)17(23-18(24)7-6-13-8-9-21-11-13)10-14-12-22-16-5-3-2-4-15(14)16;/h2-5,12-13,17,21-22H,6-11H2,1H3,(H,20,25)(H,23,24);1H/t13?,17-;/m0./s1. The summed E-state index contributed by atoms with van der Waals surface area (Å²) in [5, 5.41) is 9.96. The van der Waals surface area contributed by atoms with Gasteiger partial charge in [-0.2, -0.15) is 0 Å².